The highest BCUT2D eigenvalue weighted by Crippen LogP contribution is 2.61. The maximum absolute atomic E-state index is 10.5. The van der Waals surface area contributed by atoms with Gasteiger partial charge in [-0.25, -0.2) is 0 Å². The zero-order chi connectivity index (χ0) is 16.2. The van der Waals surface area contributed by atoms with Crippen molar-refractivity contribution in [3.63, 3.8) is 0 Å². The molecular formula is C20H28O3. The average Bonchev–Trinajstić information content (AvgIpc) is 2.84. The van der Waals surface area contributed by atoms with Crippen LogP contribution < -0.4 is 4.74 Å². The molecule has 0 saturated heterocycles. The van der Waals surface area contributed by atoms with Gasteiger partial charge in [0.2, 0.25) is 0 Å². The van der Waals surface area contributed by atoms with Crippen LogP contribution in [0.3, 0.4) is 0 Å². The maximum Gasteiger partial charge on any atom is 0.161 e. The lowest BCUT2D eigenvalue weighted by Crippen LogP contribution is -2.43. The average molecular weight is 316 g/mol. The van der Waals surface area contributed by atoms with Crippen LogP contribution in [-0.4, -0.2) is 22.9 Å². The smallest absolute Gasteiger partial charge is 0.161 e. The lowest BCUT2D eigenvalue weighted by Gasteiger charge is -2.50. The van der Waals surface area contributed by atoms with Gasteiger partial charge in [-0.2, -0.15) is 0 Å². The Hall–Kier alpha value is -1.22. The minimum Gasteiger partial charge on any atom is -0.504 e. The second-order valence-electron chi connectivity index (χ2n) is 8.00. The molecule has 0 radical (unpaired) electrons. The molecule has 0 heterocycles. The first-order valence-corrected chi connectivity index (χ1v) is 9.21. The second-order valence-corrected chi connectivity index (χ2v) is 8.00. The van der Waals surface area contributed by atoms with E-state index in [1.807, 2.05) is 13.0 Å². The van der Waals surface area contributed by atoms with Gasteiger partial charge in [-0.05, 0) is 91.9 Å². The number of rotatable bonds is 2. The van der Waals surface area contributed by atoms with Gasteiger partial charge in [-0.15, -0.1) is 0 Å². The van der Waals surface area contributed by atoms with Crippen LogP contribution in [0.2, 0.25) is 0 Å². The van der Waals surface area contributed by atoms with Crippen molar-refractivity contribution >= 4 is 0 Å². The lowest BCUT2D eigenvalue weighted by molar-refractivity contribution is -0.0226. The fourth-order valence-electron chi connectivity index (χ4n) is 5.83. The molecule has 1 aromatic rings. The summed E-state index contributed by atoms with van der Waals surface area (Å²) < 4.78 is 5.62. The van der Waals surface area contributed by atoms with Crippen LogP contribution in [0.1, 0.15) is 63.0 Å². The number of aliphatic hydroxyl groups excluding tert-OH is 1. The van der Waals surface area contributed by atoms with Crippen LogP contribution >= 0.6 is 0 Å². The molecule has 2 saturated carbocycles. The van der Waals surface area contributed by atoms with Crippen molar-refractivity contribution in [3.05, 3.63) is 23.3 Å². The third-order valence-corrected chi connectivity index (χ3v) is 7.05. The van der Waals surface area contributed by atoms with E-state index in [9.17, 15) is 10.2 Å². The molecule has 0 aromatic heterocycles. The Labute approximate surface area is 138 Å². The second kappa shape index (κ2) is 5.41. The van der Waals surface area contributed by atoms with E-state index < -0.39 is 0 Å². The number of ether oxygens (including phenoxy) is 1. The Balaban J connectivity index is 1.70. The summed E-state index contributed by atoms with van der Waals surface area (Å²) in [4.78, 5) is 0. The highest BCUT2D eigenvalue weighted by Gasteiger charge is 2.54. The van der Waals surface area contributed by atoms with Crippen molar-refractivity contribution in [2.45, 2.75) is 64.4 Å². The van der Waals surface area contributed by atoms with Crippen molar-refractivity contribution in [1.82, 2.24) is 0 Å². The molecule has 0 amide bonds. The molecule has 0 unspecified atom stereocenters. The van der Waals surface area contributed by atoms with Gasteiger partial charge in [-0.1, -0.05) is 6.92 Å². The molecule has 3 heteroatoms. The van der Waals surface area contributed by atoms with Gasteiger partial charge in [0.25, 0.3) is 0 Å². The zero-order valence-corrected chi connectivity index (χ0v) is 14.2. The number of hydrogen-bond donors (Lipinski definition) is 2. The maximum atomic E-state index is 10.5. The van der Waals surface area contributed by atoms with Gasteiger partial charge in [0, 0.05) is 0 Å². The molecule has 4 rings (SSSR count). The first-order valence-electron chi connectivity index (χ1n) is 9.21. The van der Waals surface area contributed by atoms with Gasteiger partial charge < -0.3 is 14.9 Å². The molecule has 0 bridgehead atoms. The topological polar surface area (TPSA) is 49.7 Å². The van der Waals surface area contributed by atoms with E-state index in [-0.39, 0.29) is 17.3 Å². The highest BCUT2D eigenvalue weighted by molar-refractivity contribution is 5.49. The number of aliphatic hydroxyl groups is 1. The van der Waals surface area contributed by atoms with Crippen LogP contribution in [0.15, 0.2) is 12.1 Å². The van der Waals surface area contributed by atoms with E-state index >= 15 is 0 Å². The molecule has 0 aliphatic heterocycles. The molecule has 126 valence electrons. The number of aryl methyl sites for hydroxylation is 1. The summed E-state index contributed by atoms with van der Waals surface area (Å²) in [6.07, 6.45) is 6.52. The van der Waals surface area contributed by atoms with Gasteiger partial charge in [0.1, 0.15) is 0 Å². The zero-order valence-electron chi connectivity index (χ0n) is 14.2. The summed E-state index contributed by atoms with van der Waals surface area (Å²) in [7, 11) is 0. The van der Waals surface area contributed by atoms with Crippen molar-refractivity contribution in [3.8, 4) is 11.5 Å². The highest BCUT2D eigenvalue weighted by atomic mass is 16.5. The molecule has 3 aliphatic carbocycles. The van der Waals surface area contributed by atoms with E-state index in [2.05, 4.69) is 13.0 Å². The van der Waals surface area contributed by atoms with Gasteiger partial charge in [0.15, 0.2) is 11.5 Å². The number of benzene rings is 1. The van der Waals surface area contributed by atoms with E-state index in [1.54, 1.807) is 0 Å². The Bertz CT molecular complexity index is 611. The number of phenols is 1. The van der Waals surface area contributed by atoms with E-state index in [0.29, 0.717) is 30.1 Å². The van der Waals surface area contributed by atoms with Crippen molar-refractivity contribution in [1.29, 1.82) is 0 Å². The number of phenolic OH excluding ortho intramolecular Hbond substituents is 1. The minimum absolute atomic E-state index is 0.117. The fourth-order valence-corrected chi connectivity index (χ4v) is 5.83. The van der Waals surface area contributed by atoms with Crippen LogP contribution in [-0.2, 0) is 6.42 Å². The van der Waals surface area contributed by atoms with E-state index in [0.717, 1.165) is 25.7 Å². The summed E-state index contributed by atoms with van der Waals surface area (Å²) in [5, 5.41) is 20.6. The van der Waals surface area contributed by atoms with Crippen molar-refractivity contribution in [2.24, 2.45) is 17.3 Å². The van der Waals surface area contributed by atoms with Crippen LogP contribution in [0.5, 0.6) is 11.5 Å². The Morgan fingerprint density at radius 1 is 1.22 bits per heavy atom. The minimum atomic E-state index is -0.117. The Kier molecular flexibility index (Phi) is 3.60. The number of hydrogen-bond acceptors (Lipinski definition) is 3. The van der Waals surface area contributed by atoms with Gasteiger partial charge in [0.05, 0.1) is 12.7 Å². The number of fused-ring (bicyclic) bond motifs is 5. The third-order valence-electron chi connectivity index (χ3n) is 7.05. The SMILES string of the molecule is CCOc1cc2c(cc1O)CC[C@@H]1[C@H]3CC[C@H](O)[C@]3(C)CC[C@@H]21. The van der Waals surface area contributed by atoms with Gasteiger partial charge in [-0.3, -0.25) is 0 Å². The van der Waals surface area contributed by atoms with Crippen LogP contribution in [0, 0.1) is 17.3 Å². The first kappa shape index (κ1) is 15.3. The molecule has 3 aliphatic rings. The van der Waals surface area contributed by atoms with Gasteiger partial charge >= 0.3 is 0 Å². The molecule has 23 heavy (non-hydrogen) atoms. The van der Waals surface area contributed by atoms with E-state index in [4.69, 9.17) is 4.74 Å². The monoisotopic (exact) mass is 316 g/mol. The van der Waals surface area contributed by atoms with Crippen LogP contribution in [0.4, 0.5) is 0 Å². The normalized spacial score (nSPS) is 38.6. The predicted molar refractivity (Wildman–Crippen MR) is 89.9 cm³/mol. The molecule has 1 aromatic carbocycles. The standard InChI is InChI=1S/C20H28O3/c1-3-23-18-11-15-12(10-17(18)21)4-5-14-13(15)8-9-20(2)16(14)6-7-19(20)22/h10-11,13-14,16,19,21-22H,3-9H2,1-2H3/t13-,14+,16-,19+,20-/m1/s1. The molecule has 3 nitrogen and oxygen atoms in total. The van der Waals surface area contributed by atoms with E-state index in [1.165, 1.54) is 24.0 Å². The van der Waals surface area contributed by atoms with Crippen LogP contribution in [0.25, 0.3) is 0 Å². The summed E-state index contributed by atoms with van der Waals surface area (Å²) in [5.74, 6) is 2.81. The molecule has 2 N–H and O–H groups in total. The molecule has 2 fully saturated rings. The molecule has 5 atom stereocenters. The third kappa shape index (κ3) is 2.20. The summed E-state index contributed by atoms with van der Waals surface area (Å²) in [6.45, 7) is 4.84. The Morgan fingerprint density at radius 2 is 2.04 bits per heavy atom. The predicted octanol–water partition coefficient (Wildman–Crippen LogP) is 4.01. The van der Waals surface area contributed by atoms with Crippen molar-refractivity contribution in [2.75, 3.05) is 6.61 Å². The quantitative estimate of drug-likeness (QED) is 0.867. The number of aromatic hydroxyl groups is 1. The lowest BCUT2D eigenvalue weighted by atomic mass is 9.55. The largest absolute Gasteiger partial charge is 0.504 e. The molecule has 0 spiro atoms. The Morgan fingerprint density at radius 3 is 2.83 bits per heavy atom. The molecular weight excluding hydrogens is 288 g/mol. The summed E-state index contributed by atoms with van der Waals surface area (Å²) in [6, 6.07) is 4.02. The van der Waals surface area contributed by atoms with Crippen molar-refractivity contribution < 1.29 is 14.9 Å². The fraction of sp³-hybridized carbons (Fsp3) is 0.700. The summed E-state index contributed by atoms with van der Waals surface area (Å²) >= 11 is 0. The summed E-state index contributed by atoms with van der Waals surface area (Å²) in [5.41, 5.74) is 2.82. The first-order chi connectivity index (χ1) is 11.0.